The summed E-state index contributed by atoms with van der Waals surface area (Å²) >= 11 is 3.33. The highest BCUT2D eigenvalue weighted by atomic mass is 79.9. The van der Waals surface area contributed by atoms with Crippen molar-refractivity contribution in [1.82, 2.24) is 0 Å². The molecule has 5 heteroatoms. The van der Waals surface area contributed by atoms with Gasteiger partial charge in [0.1, 0.15) is 13.2 Å². The van der Waals surface area contributed by atoms with Crippen molar-refractivity contribution < 1.29 is 19.1 Å². The van der Waals surface area contributed by atoms with E-state index in [0.717, 1.165) is 11.1 Å². The van der Waals surface area contributed by atoms with Crippen LogP contribution < -0.4 is 0 Å². The van der Waals surface area contributed by atoms with Crippen LogP contribution in [0.15, 0.2) is 83.3 Å². The molecule has 0 bridgehead atoms. The maximum atomic E-state index is 12.6. The summed E-state index contributed by atoms with van der Waals surface area (Å²) in [7, 11) is 0. The van der Waals surface area contributed by atoms with Gasteiger partial charge in [-0.25, -0.2) is 9.59 Å². The molecular weight excluding hydrogens is 408 g/mol. The minimum absolute atomic E-state index is 0.125. The van der Waals surface area contributed by atoms with E-state index in [1.165, 1.54) is 0 Å². The first kappa shape index (κ1) is 18.9. The summed E-state index contributed by atoms with van der Waals surface area (Å²) in [6.45, 7) is 0.254. The fourth-order valence-electron chi connectivity index (χ4n) is 2.50. The van der Waals surface area contributed by atoms with Crippen LogP contribution >= 0.6 is 15.9 Å². The number of carbonyl (C=O) groups excluding carboxylic acids is 2. The monoisotopic (exact) mass is 424 g/mol. The molecule has 4 nitrogen and oxygen atoms in total. The molecule has 3 rings (SSSR count). The summed E-state index contributed by atoms with van der Waals surface area (Å²) in [6.07, 6.45) is 0. The molecule has 0 atom stereocenters. The molecule has 0 aliphatic rings. The molecule has 0 saturated carbocycles. The Morgan fingerprint density at radius 1 is 0.667 bits per heavy atom. The Morgan fingerprint density at radius 3 is 1.74 bits per heavy atom. The molecule has 0 spiro atoms. The normalized spacial score (nSPS) is 10.3. The average molecular weight is 425 g/mol. The number of halogens is 1. The zero-order valence-corrected chi connectivity index (χ0v) is 16.0. The molecule has 3 aromatic rings. The molecule has 0 radical (unpaired) electrons. The molecule has 0 N–H and O–H groups in total. The fourth-order valence-corrected chi connectivity index (χ4v) is 3.03. The van der Waals surface area contributed by atoms with E-state index in [1.807, 2.05) is 60.7 Å². The zero-order chi connectivity index (χ0) is 19.1. The van der Waals surface area contributed by atoms with E-state index in [4.69, 9.17) is 9.47 Å². The van der Waals surface area contributed by atoms with Crippen molar-refractivity contribution in [2.24, 2.45) is 0 Å². The summed E-state index contributed by atoms with van der Waals surface area (Å²) in [6, 6.07) is 23.6. The van der Waals surface area contributed by atoms with E-state index in [2.05, 4.69) is 15.9 Å². The number of rotatable bonds is 6. The third kappa shape index (κ3) is 5.05. The van der Waals surface area contributed by atoms with E-state index in [1.54, 1.807) is 18.2 Å². The second-order valence-corrected chi connectivity index (χ2v) is 6.64. The molecule has 136 valence electrons. The number of ether oxygens (including phenoxy) is 2. The summed E-state index contributed by atoms with van der Waals surface area (Å²) in [5, 5.41) is 0. The third-order valence-electron chi connectivity index (χ3n) is 3.86. The standard InChI is InChI=1S/C22H17BrO4/c23-19-13-7-12-18(21(24)26-14-16-8-3-1-4-9-16)20(19)22(25)27-15-17-10-5-2-6-11-17/h1-13H,14-15H2. The van der Waals surface area contributed by atoms with Crippen LogP contribution in [0.1, 0.15) is 31.8 Å². The van der Waals surface area contributed by atoms with Crippen molar-refractivity contribution in [3.05, 3.63) is 106 Å². The summed E-state index contributed by atoms with van der Waals surface area (Å²) in [4.78, 5) is 25.1. The van der Waals surface area contributed by atoms with Crippen molar-refractivity contribution in [3.63, 3.8) is 0 Å². The summed E-state index contributed by atoms with van der Waals surface area (Å²) < 4.78 is 11.2. The molecule has 0 heterocycles. The van der Waals surface area contributed by atoms with Gasteiger partial charge in [-0.15, -0.1) is 0 Å². The van der Waals surface area contributed by atoms with Crippen LogP contribution in [0.25, 0.3) is 0 Å². The lowest BCUT2D eigenvalue weighted by Gasteiger charge is -2.11. The second kappa shape index (κ2) is 9.14. The predicted molar refractivity (Wildman–Crippen MR) is 105 cm³/mol. The number of hydrogen-bond donors (Lipinski definition) is 0. The van der Waals surface area contributed by atoms with Gasteiger partial charge in [0.15, 0.2) is 0 Å². The maximum absolute atomic E-state index is 12.6. The zero-order valence-electron chi connectivity index (χ0n) is 14.4. The average Bonchev–Trinajstić information content (AvgIpc) is 2.71. The van der Waals surface area contributed by atoms with Crippen LogP contribution in [0.3, 0.4) is 0 Å². The van der Waals surface area contributed by atoms with Crippen LogP contribution in [0, 0.1) is 0 Å². The second-order valence-electron chi connectivity index (χ2n) is 5.79. The fraction of sp³-hybridized carbons (Fsp3) is 0.0909. The topological polar surface area (TPSA) is 52.6 Å². The van der Waals surface area contributed by atoms with E-state index in [0.29, 0.717) is 4.47 Å². The van der Waals surface area contributed by atoms with Gasteiger partial charge in [-0.3, -0.25) is 0 Å². The van der Waals surface area contributed by atoms with Crippen molar-refractivity contribution >= 4 is 27.9 Å². The van der Waals surface area contributed by atoms with Crippen LogP contribution in [-0.2, 0) is 22.7 Å². The molecular formula is C22H17BrO4. The molecule has 3 aromatic carbocycles. The summed E-state index contributed by atoms with van der Waals surface area (Å²) in [5.41, 5.74) is 2.06. The molecule has 27 heavy (non-hydrogen) atoms. The molecule has 0 unspecified atom stereocenters. The Kier molecular flexibility index (Phi) is 6.39. The molecule has 0 aliphatic carbocycles. The highest BCUT2D eigenvalue weighted by molar-refractivity contribution is 9.10. The van der Waals surface area contributed by atoms with E-state index in [-0.39, 0.29) is 24.3 Å². The number of benzene rings is 3. The Bertz CT molecular complexity index is 924. The highest BCUT2D eigenvalue weighted by Gasteiger charge is 2.22. The van der Waals surface area contributed by atoms with E-state index < -0.39 is 11.9 Å². The lowest BCUT2D eigenvalue weighted by molar-refractivity contribution is 0.0424. The van der Waals surface area contributed by atoms with Crippen molar-refractivity contribution in [2.75, 3.05) is 0 Å². The molecule has 0 saturated heterocycles. The Labute approximate surface area is 165 Å². The molecule has 0 amide bonds. The lowest BCUT2D eigenvalue weighted by Crippen LogP contribution is -2.15. The number of carbonyl (C=O) groups is 2. The van der Waals surface area contributed by atoms with Gasteiger partial charge in [-0.2, -0.15) is 0 Å². The van der Waals surface area contributed by atoms with Gasteiger partial charge in [0.05, 0.1) is 11.1 Å². The van der Waals surface area contributed by atoms with Crippen LogP contribution in [-0.4, -0.2) is 11.9 Å². The first-order valence-electron chi connectivity index (χ1n) is 8.36. The maximum Gasteiger partial charge on any atom is 0.340 e. The van der Waals surface area contributed by atoms with Gasteiger partial charge in [-0.05, 0) is 39.2 Å². The Hall–Kier alpha value is -2.92. The first-order chi connectivity index (χ1) is 13.1. The smallest absolute Gasteiger partial charge is 0.340 e. The van der Waals surface area contributed by atoms with Crippen molar-refractivity contribution in [3.8, 4) is 0 Å². The largest absolute Gasteiger partial charge is 0.457 e. The SMILES string of the molecule is O=C(OCc1ccccc1)c1cccc(Br)c1C(=O)OCc1ccccc1. The lowest BCUT2D eigenvalue weighted by atomic mass is 10.1. The van der Waals surface area contributed by atoms with Gasteiger partial charge >= 0.3 is 11.9 Å². The molecule has 0 aromatic heterocycles. The van der Waals surface area contributed by atoms with Gasteiger partial charge in [0, 0.05) is 4.47 Å². The quantitative estimate of drug-likeness (QED) is 0.512. The van der Waals surface area contributed by atoms with Crippen LogP contribution in [0.5, 0.6) is 0 Å². The van der Waals surface area contributed by atoms with Gasteiger partial charge in [0.2, 0.25) is 0 Å². The van der Waals surface area contributed by atoms with Crippen LogP contribution in [0.4, 0.5) is 0 Å². The molecule has 0 fully saturated rings. The Balaban J connectivity index is 1.73. The number of hydrogen-bond acceptors (Lipinski definition) is 4. The number of esters is 2. The highest BCUT2D eigenvalue weighted by Crippen LogP contribution is 2.23. The predicted octanol–water partition coefficient (Wildman–Crippen LogP) is 5.16. The Morgan fingerprint density at radius 2 is 1.19 bits per heavy atom. The van der Waals surface area contributed by atoms with Crippen molar-refractivity contribution in [2.45, 2.75) is 13.2 Å². The van der Waals surface area contributed by atoms with Gasteiger partial charge in [0.25, 0.3) is 0 Å². The van der Waals surface area contributed by atoms with Gasteiger partial charge in [-0.1, -0.05) is 66.7 Å². The van der Waals surface area contributed by atoms with Crippen LogP contribution in [0.2, 0.25) is 0 Å². The summed E-state index contributed by atoms with van der Waals surface area (Å²) in [5.74, 6) is -1.16. The van der Waals surface area contributed by atoms with E-state index in [9.17, 15) is 9.59 Å². The minimum Gasteiger partial charge on any atom is -0.457 e. The minimum atomic E-state index is -0.585. The molecule has 0 aliphatic heterocycles. The van der Waals surface area contributed by atoms with Crippen molar-refractivity contribution in [1.29, 1.82) is 0 Å². The van der Waals surface area contributed by atoms with E-state index >= 15 is 0 Å². The first-order valence-corrected chi connectivity index (χ1v) is 9.15. The van der Waals surface area contributed by atoms with Gasteiger partial charge < -0.3 is 9.47 Å². The third-order valence-corrected chi connectivity index (χ3v) is 4.52.